The second-order valence-corrected chi connectivity index (χ2v) is 8.47. The summed E-state index contributed by atoms with van der Waals surface area (Å²) in [7, 11) is 3.07. The van der Waals surface area contributed by atoms with Crippen LogP contribution in [0.4, 0.5) is 0 Å². The van der Waals surface area contributed by atoms with E-state index in [2.05, 4.69) is 5.32 Å². The van der Waals surface area contributed by atoms with Crippen molar-refractivity contribution in [3.05, 3.63) is 18.0 Å². The standard InChI is InChI=1S/C13H19ClN2O4S/c1-13(2,8-20-3)15-12(17)11-6-10(21(14,18)19)7-16(11)9-4-5-9/h6-7,9H,4-5,8H2,1-3H3,(H,15,17). The van der Waals surface area contributed by atoms with Crippen LogP contribution in [-0.4, -0.2) is 38.1 Å². The molecular weight excluding hydrogens is 316 g/mol. The molecule has 0 bridgehead atoms. The topological polar surface area (TPSA) is 77.4 Å². The molecular formula is C13H19ClN2O4S. The van der Waals surface area contributed by atoms with Crippen LogP contribution in [0.3, 0.4) is 0 Å². The third-order valence-corrected chi connectivity index (χ3v) is 4.56. The second-order valence-electron chi connectivity index (χ2n) is 5.91. The minimum atomic E-state index is -3.85. The fourth-order valence-corrected chi connectivity index (χ4v) is 2.94. The number of nitrogens with one attached hydrogen (secondary N) is 1. The molecule has 1 fully saturated rings. The lowest BCUT2D eigenvalue weighted by molar-refractivity contribution is 0.0811. The number of carbonyl (C=O) groups excluding carboxylic acids is 1. The van der Waals surface area contributed by atoms with Gasteiger partial charge >= 0.3 is 0 Å². The molecule has 1 aromatic rings. The van der Waals surface area contributed by atoms with Gasteiger partial charge in [-0.25, -0.2) is 8.42 Å². The number of aromatic nitrogens is 1. The molecule has 8 heteroatoms. The molecule has 1 saturated carbocycles. The van der Waals surface area contributed by atoms with E-state index in [0.29, 0.717) is 12.3 Å². The number of rotatable bonds is 6. The average Bonchev–Trinajstić information content (AvgIpc) is 3.05. The summed E-state index contributed by atoms with van der Waals surface area (Å²) in [5, 5.41) is 2.84. The number of halogens is 1. The molecule has 0 radical (unpaired) electrons. The zero-order chi connectivity index (χ0) is 15.8. The zero-order valence-corrected chi connectivity index (χ0v) is 13.8. The van der Waals surface area contributed by atoms with Crippen molar-refractivity contribution in [1.29, 1.82) is 0 Å². The lowest BCUT2D eigenvalue weighted by Gasteiger charge is -2.25. The van der Waals surface area contributed by atoms with Gasteiger partial charge in [-0.2, -0.15) is 0 Å². The van der Waals surface area contributed by atoms with Gasteiger partial charge in [-0.05, 0) is 32.8 Å². The maximum atomic E-state index is 12.4. The van der Waals surface area contributed by atoms with E-state index in [1.165, 1.54) is 12.3 Å². The van der Waals surface area contributed by atoms with E-state index in [0.717, 1.165) is 12.8 Å². The Balaban J connectivity index is 2.30. The van der Waals surface area contributed by atoms with E-state index in [-0.39, 0.29) is 16.8 Å². The highest BCUT2D eigenvalue weighted by Gasteiger charge is 2.31. The fourth-order valence-electron chi connectivity index (χ4n) is 2.19. The molecule has 1 aliphatic rings. The van der Waals surface area contributed by atoms with Crippen LogP contribution in [0.15, 0.2) is 17.2 Å². The predicted octanol–water partition coefficient (Wildman–Crippen LogP) is 1.91. The summed E-state index contributed by atoms with van der Waals surface area (Å²) in [6.45, 7) is 4.01. The first kappa shape index (κ1) is 16.3. The normalized spacial score (nSPS) is 16.0. The molecule has 2 rings (SSSR count). The zero-order valence-electron chi connectivity index (χ0n) is 12.2. The molecule has 1 amide bonds. The number of nitrogens with zero attached hydrogens (tertiary/aromatic N) is 1. The van der Waals surface area contributed by atoms with Crippen molar-refractivity contribution in [1.82, 2.24) is 9.88 Å². The third kappa shape index (κ3) is 3.99. The Kier molecular flexibility index (Phi) is 4.37. The molecule has 1 aliphatic carbocycles. The molecule has 21 heavy (non-hydrogen) atoms. The summed E-state index contributed by atoms with van der Waals surface area (Å²) in [6, 6.07) is 1.49. The molecule has 1 N–H and O–H groups in total. The minimum absolute atomic E-state index is 0.0502. The van der Waals surface area contributed by atoms with Gasteiger partial charge in [0.15, 0.2) is 0 Å². The largest absolute Gasteiger partial charge is 0.382 e. The number of carbonyl (C=O) groups is 1. The Labute approximate surface area is 128 Å². The van der Waals surface area contributed by atoms with Gasteiger partial charge in [0, 0.05) is 30.0 Å². The summed E-state index contributed by atoms with van der Waals surface area (Å²) >= 11 is 0. The van der Waals surface area contributed by atoms with E-state index in [1.807, 2.05) is 13.8 Å². The highest BCUT2D eigenvalue weighted by Crippen LogP contribution is 2.37. The SMILES string of the molecule is COCC(C)(C)NC(=O)c1cc(S(=O)(=O)Cl)cn1C1CC1. The summed E-state index contributed by atoms with van der Waals surface area (Å²) in [6.07, 6.45) is 3.29. The van der Waals surface area contributed by atoms with Crippen molar-refractivity contribution in [2.45, 2.75) is 43.2 Å². The first-order valence-electron chi connectivity index (χ1n) is 6.62. The smallest absolute Gasteiger partial charge is 0.268 e. The molecule has 0 aliphatic heterocycles. The molecule has 118 valence electrons. The first-order valence-corrected chi connectivity index (χ1v) is 8.93. The van der Waals surface area contributed by atoms with Crippen LogP contribution >= 0.6 is 10.7 Å². The van der Waals surface area contributed by atoms with Crippen LogP contribution in [0.1, 0.15) is 43.2 Å². The van der Waals surface area contributed by atoms with Gasteiger partial charge in [0.05, 0.1) is 12.1 Å². The summed E-state index contributed by atoms with van der Waals surface area (Å²) in [4.78, 5) is 12.4. The van der Waals surface area contributed by atoms with Gasteiger partial charge in [0.1, 0.15) is 10.6 Å². The number of hydrogen-bond acceptors (Lipinski definition) is 4. The Bertz CT molecular complexity index is 647. The van der Waals surface area contributed by atoms with Crippen molar-refractivity contribution in [2.75, 3.05) is 13.7 Å². The van der Waals surface area contributed by atoms with Gasteiger partial charge in [-0.1, -0.05) is 0 Å². The van der Waals surface area contributed by atoms with Crippen LogP contribution in [0.25, 0.3) is 0 Å². The maximum absolute atomic E-state index is 12.4. The van der Waals surface area contributed by atoms with Crippen molar-refractivity contribution in [3.63, 3.8) is 0 Å². The van der Waals surface area contributed by atoms with Gasteiger partial charge in [0.25, 0.3) is 15.0 Å². The van der Waals surface area contributed by atoms with E-state index in [4.69, 9.17) is 15.4 Å². The van der Waals surface area contributed by atoms with Crippen LogP contribution in [0, 0.1) is 0 Å². The Morgan fingerprint density at radius 1 is 1.52 bits per heavy atom. The highest BCUT2D eigenvalue weighted by molar-refractivity contribution is 8.13. The quantitative estimate of drug-likeness (QED) is 0.806. The number of ether oxygens (including phenoxy) is 1. The molecule has 0 unspecified atom stereocenters. The lowest BCUT2D eigenvalue weighted by atomic mass is 10.1. The second kappa shape index (κ2) is 5.62. The molecule has 1 heterocycles. The van der Waals surface area contributed by atoms with Crippen molar-refractivity contribution in [3.8, 4) is 0 Å². The van der Waals surface area contributed by atoms with Crippen LogP contribution < -0.4 is 5.32 Å². The molecule has 0 aromatic carbocycles. The van der Waals surface area contributed by atoms with Gasteiger partial charge in [-0.15, -0.1) is 0 Å². The predicted molar refractivity (Wildman–Crippen MR) is 79.2 cm³/mol. The van der Waals surface area contributed by atoms with Gasteiger partial charge < -0.3 is 14.6 Å². The minimum Gasteiger partial charge on any atom is -0.382 e. The number of hydrogen-bond donors (Lipinski definition) is 1. The number of methoxy groups -OCH3 is 1. The molecule has 0 spiro atoms. The van der Waals surface area contributed by atoms with Crippen molar-refractivity contribution in [2.24, 2.45) is 0 Å². The maximum Gasteiger partial charge on any atom is 0.268 e. The number of amides is 1. The fraction of sp³-hybridized carbons (Fsp3) is 0.615. The van der Waals surface area contributed by atoms with Gasteiger partial charge in [-0.3, -0.25) is 4.79 Å². The monoisotopic (exact) mass is 334 g/mol. The molecule has 1 aromatic heterocycles. The van der Waals surface area contributed by atoms with E-state index in [1.54, 1.807) is 11.7 Å². The van der Waals surface area contributed by atoms with Crippen LogP contribution in [0.2, 0.25) is 0 Å². The van der Waals surface area contributed by atoms with Crippen molar-refractivity contribution < 1.29 is 17.9 Å². The van der Waals surface area contributed by atoms with Crippen LogP contribution in [0.5, 0.6) is 0 Å². The highest BCUT2D eigenvalue weighted by atomic mass is 35.7. The summed E-state index contributed by atoms with van der Waals surface area (Å²) < 4.78 is 29.6. The molecule has 0 saturated heterocycles. The third-order valence-electron chi connectivity index (χ3n) is 3.24. The summed E-state index contributed by atoms with van der Waals surface area (Å²) in [5.74, 6) is -0.337. The van der Waals surface area contributed by atoms with E-state index < -0.39 is 14.6 Å². The molecule has 0 atom stereocenters. The lowest BCUT2D eigenvalue weighted by Crippen LogP contribution is -2.47. The average molecular weight is 335 g/mol. The Morgan fingerprint density at radius 2 is 2.14 bits per heavy atom. The first-order chi connectivity index (χ1) is 9.64. The van der Waals surface area contributed by atoms with Gasteiger partial charge in [0.2, 0.25) is 0 Å². The van der Waals surface area contributed by atoms with Crippen LogP contribution in [-0.2, 0) is 13.8 Å². The summed E-state index contributed by atoms with van der Waals surface area (Å²) in [5.41, 5.74) is -0.245. The van der Waals surface area contributed by atoms with Crippen molar-refractivity contribution >= 4 is 25.6 Å². The Morgan fingerprint density at radius 3 is 2.62 bits per heavy atom. The van der Waals surface area contributed by atoms with E-state index >= 15 is 0 Å². The Hall–Kier alpha value is -1.05. The van der Waals surface area contributed by atoms with E-state index in [9.17, 15) is 13.2 Å². The molecule has 6 nitrogen and oxygen atoms in total.